The predicted molar refractivity (Wildman–Crippen MR) is 93.8 cm³/mol. The summed E-state index contributed by atoms with van der Waals surface area (Å²) in [6.07, 6.45) is 0.228. The van der Waals surface area contributed by atoms with Gasteiger partial charge in [-0.1, -0.05) is 30.3 Å². The van der Waals surface area contributed by atoms with Crippen molar-refractivity contribution in [3.05, 3.63) is 35.9 Å². The lowest BCUT2D eigenvalue weighted by Crippen LogP contribution is -2.51. The standard InChI is InChI=1S/C17H24N4O5/c1-2-26-16(24)11-20-17(25)13(8-12-6-4-3-5-7-12)21-15(23)10-19-14(22)9-18/h3-7,13H,2,8-11,18H2,1H3,(H,19,22)(H,20,25)(H,21,23). The van der Waals surface area contributed by atoms with Crippen molar-refractivity contribution in [3.8, 4) is 0 Å². The molecular formula is C17H24N4O5. The quantitative estimate of drug-likeness (QED) is 0.371. The van der Waals surface area contributed by atoms with Crippen LogP contribution >= 0.6 is 0 Å². The maximum absolute atomic E-state index is 12.3. The van der Waals surface area contributed by atoms with Gasteiger partial charge in [-0.2, -0.15) is 0 Å². The molecule has 1 aromatic carbocycles. The molecule has 9 heteroatoms. The molecule has 5 N–H and O–H groups in total. The zero-order valence-corrected chi connectivity index (χ0v) is 14.6. The van der Waals surface area contributed by atoms with E-state index in [0.29, 0.717) is 0 Å². The van der Waals surface area contributed by atoms with Gasteiger partial charge in [0.05, 0.1) is 19.7 Å². The van der Waals surface area contributed by atoms with Crippen molar-refractivity contribution in [2.45, 2.75) is 19.4 Å². The van der Waals surface area contributed by atoms with Gasteiger partial charge in [-0.15, -0.1) is 0 Å². The number of hydrogen-bond acceptors (Lipinski definition) is 6. The van der Waals surface area contributed by atoms with E-state index in [-0.39, 0.29) is 32.7 Å². The van der Waals surface area contributed by atoms with Crippen molar-refractivity contribution in [2.75, 3.05) is 26.2 Å². The van der Waals surface area contributed by atoms with Crippen molar-refractivity contribution in [2.24, 2.45) is 5.73 Å². The van der Waals surface area contributed by atoms with E-state index in [1.807, 2.05) is 30.3 Å². The van der Waals surface area contributed by atoms with E-state index in [2.05, 4.69) is 16.0 Å². The summed E-state index contributed by atoms with van der Waals surface area (Å²) in [6.45, 7) is 1.04. The molecule has 0 heterocycles. The zero-order valence-electron chi connectivity index (χ0n) is 14.6. The van der Waals surface area contributed by atoms with E-state index in [1.165, 1.54) is 0 Å². The molecule has 0 saturated heterocycles. The Labute approximate surface area is 151 Å². The lowest BCUT2D eigenvalue weighted by molar-refractivity contribution is -0.143. The van der Waals surface area contributed by atoms with Crippen LogP contribution in [0.25, 0.3) is 0 Å². The minimum absolute atomic E-state index is 0.208. The molecule has 3 amide bonds. The minimum atomic E-state index is -0.908. The second-order valence-electron chi connectivity index (χ2n) is 5.31. The van der Waals surface area contributed by atoms with Gasteiger partial charge in [0, 0.05) is 6.42 Å². The Morgan fingerprint density at radius 1 is 1.04 bits per heavy atom. The number of carbonyl (C=O) groups is 4. The molecule has 0 aromatic heterocycles. The third-order valence-corrected chi connectivity index (χ3v) is 3.28. The normalized spacial score (nSPS) is 11.2. The van der Waals surface area contributed by atoms with Crippen molar-refractivity contribution >= 4 is 23.7 Å². The molecule has 0 aliphatic rings. The molecule has 0 aliphatic heterocycles. The first-order chi connectivity index (χ1) is 12.5. The lowest BCUT2D eigenvalue weighted by atomic mass is 10.1. The molecule has 1 unspecified atom stereocenters. The fraction of sp³-hybridized carbons (Fsp3) is 0.412. The first kappa shape index (κ1) is 21.1. The number of nitrogens with one attached hydrogen (secondary N) is 3. The van der Waals surface area contributed by atoms with E-state index in [4.69, 9.17) is 10.5 Å². The van der Waals surface area contributed by atoms with Gasteiger partial charge in [0.25, 0.3) is 0 Å². The Hall–Kier alpha value is -2.94. The van der Waals surface area contributed by atoms with Crippen molar-refractivity contribution in [1.82, 2.24) is 16.0 Å². The van der Waals surface area contributed by atoms with Gasteiger partial charge in [0.1, 0.15) is 12.6 Å². The summed E-state index contributed by atoms with van der Waals surface area (Å²) in [6, 6.07) is 8.18. The van der Waals surface area contributed by atoms with Gasteiger partial charge >= 0.3 is 5.97 Å². The highest BCUT2D eigenvalue weighted by atomic mass is 16.5. The number of benzene rings is 1. The van der Waals surface area contributed by atoms with Crippen molar-refractivity contribution in [3.63, 3.8) is 0 Å². The molecule has 1 rings (SSSR count). The summed E-state index contributed by atoms with van der Waals surface area (Å²) in [7, 11) is 0. The molecule has 142 valence electrons. The summed E-state index contributed by atoms with van der Waals surface area (Å²) in [5.74, 6) is -2.12. The maximum Gasteiger partial charge on any atom is 0.325 e. The van der Waals surface area contributed by atoms with Crippen LogP contribution in [0.3, 0.4) is 0 Å². The van der Waals surface area contributed by atoms with E-state index >= 15 is 0 Å². The molecule has 0 radical (unpaired) electrons. The van der Waals surface area contributed by atoms with Crippen LogP contribution in [0.1, 0.15) is 12.5 Å². The molecule has 0 fully saturated rings. The predicted octanol–water partition coefficient (Wildman–Crippen LogP) is -1.53. The molecular weight excluding hydrogens is 340 g/mol. The monoisotopic (exact) mass is 364 g/mol. The first-order valence-electron chi connectivity index (χ1n) is 8.19. The average Bonchev–Trinajstić information content (AvgIpc) is 2.64. The van der Waals surface area contributed by atoms with Crippen LogP contribution in [0, 0.1) is 0 Å². The van der Waals surface area contributed by atoms with Gasteiger partial charge < -0.3 is 26.4 Å². The fourth-order valence-electron chi connectivity index (χ4n) is 2.05. The highest BCUT2D eigenvalue weighted by Gasteiger charge is 2.22. The van der Waals surface area contributed by atoms with Gasteiger partial charge in [-0.3, -0.25) is 19.2 Å². The second-order valence-corrected chi connectivity index (χ2v) is 5.31. The molecule has 0 bridgehead atoms. The largest absolute Gasteiger partial charge is 0.465 e. The molecule has 1 aromatic rings. The van der Waals surface area contributed by atoms with Crippen LogP contribution in [0.5, 0.6) is 0 Å². The van der Waals surface area contributed by atoms with Crippen LogP contribution in [-0.2, 0) is 30.3 Å². The average molecular weight is 364 g/mol. The Kier molecular flexibility index (Phi) is 9.40. The summed E-state index contributed by atoms with van der Waals surface area (Å²) in [5.41, 5.74) is 5.98. The van der Waals surface area contributed by atoms with Crippen molar-refractivity contribution < 1.29 is 23.9 Å². The lowest BCUT2D eigenvalue weighted by Gasteiger charge is -2.18. The van der Waals surface area contributed by atoms with Crippen molar-refractivity contribution in [1.29, 1.82) is 0 Å². The van der Waals surface area contributed by atoms with Crippen LogP contribution < -0.4 is 21.7 Å². The third-order valence-electron chi connectivity index (χ3n) is 3.28. The number of ether oxygens (including phenoxy) is 1. The van der Waals surface area contributed by atoms with Gasteiger partial charge in [0.15, 0.2) is 0 Å². The Balaban J connectivity index is 2.68. The highest BCUT2D eigenvalue weighted by Crippen LogP contribution is 2.03. The molecule has 0 aliphatic carbocycles. The Bertz CT molecular complexity index is 621. The molecule has 1 atom stereocenters. The number of rotatable bonds is 10. The zero-order chi connectivity index (χ0) is 19.4. The summed E-state index contributed by atoms with van der Waals surface area (Å²) in [5, 5.41) is 7.30. The Morgan fingerprint density at radius 3 is 2.35 bits per heavy atom. The molecule has 9 nitrogen and oxygen atoms in total. The number of carbonyl (C=O) groups excluding carboxylic acids is 4. The fourth-order valence-corrected chi connectivity index (χ4v) is 2.05. The van der Waals surface area contributed by atoms with Crippen LogP contribution in [0.15, 0.2) is 30.3 Å². The molecule has 0 saturated carbocycles. The second kappa shape index (κ2) is 11.6. The van der Waals surface area contributed by atoms with Crippen LogP contribution in [0.2, 0.25) is 0 Å². The van der Waals surface area contributed by atoms with Crippen LogP contribution in [-0.4, -0.2) is 56.0 Å². The third kappa shape index (κ3) is 8.25. The molecule has 26 heavy (non-hydrogen) atoms. The topological polar surface area (TPSA) is 140 Å². The van der Waals surface area contributed by atoms with Crippen LogP contribution in [0.4, 0.5) is 0 Å². The number of nitrogens with two attached hydrogens (primary N) is 1. The Morgan fingerprint density at radius 2 is 1.73 bits per heavy atom. The van der Waals surface area contributed by atoms with Gasteiger partial charge in [-0.25, -0.2) is 0 Å². The van der Waals surface area contributed by atoms with Gasteiger partial charge in [-0.05, 0) is 12.5 Å². The highest BCUT2D eigenvalue weighted by molar-refractivity contribution is 5.91. The molecule has 0 spiro atoms. The number of hydrogen-bond donors (Lipinski definition) is 4. The summed E-state index contributed by atoms with van der Waals surface area (Å²) >= 11 is 0. The van der Waals surface area contributed by atoms with E-state index in [1.54, 1.807) is 6.92 Å². The summed E-state index contributed by atoms with van der Waals surface area (Å²) in [4.78, 5) is 46.8. The maximum atomic E-state index is 12.3. The van der Waals surface area contributed by atoms with Gasteiger partial charge in [0.2, 0.25) is 17.7 Å². The number of esters is 1. The van der Waals surface area contributed by atoms with E-state index in [0.717, 1.165) is 5.56 Å². The SMILES string of the molecule is CCOC(=O)CNC(=O)C(Cc1ccccc1)NC(=O)CNC(=O)CN. The summed E-state index contributed by atoms with van der Waals surface area (Å²) < 4.78 is 4.75. The number of amides is 3. The minimum Gasteiger partial charge on any atom is -0.465 e. The first-order valence-corrected chi connectivity index (χ1v) is 8.19. The van der Waals surface area contributed by atoms with E-state index in [9.17, 15) is 19.2 Å². The smallest absolute Gasteiger partial charge is 0.325 e. The van der Waals surface area contributed by atoms with E-state index < -0.39 is 29.7 Å².